The zero-order valence-corrected chi connectivity index (χ0v) is 39.1. The molecule has 3 N–H and O–H groups in total. The number of carboxylic acids is 1. The van der Waals surface area contributed by atoms with Gasteiger partial charge in [-0.15, -0.1) is 11.6 Å². The van der Waals surface area contributed by atoms with Gasteiger partial charge < -0.3 is 33.7 Å². The van der Waals surface area contributed by atoms with E-state index >= 15 is 0 Å². The molecule has 0 radical (unpaired) electrons. The molecule has 20 heteroatoms. The van der Waals surface area contributed by atoms with E-state index in [1.807, 2.05) is 44.3 Å². The summed E-state index contributed by atoms with van der Waals surface area (Å²) in [6.45, 7) is 8.24. The van der Waals surface area contributed by atoms with E-state index in [2.05, 4.69) is 25.7 Å². The molecule has 1 aliphatic carbocycles. The van der Waals surface area contributed by atoms with Crippen molar-refractivity contribution in [3.05, 3.63) is 63.4 Å². The first-order valence-electron chi connectivity index (χ1n) is 19.6. The monoisotopic (exact) mass is 937 g/mol. The molecule has 0 spiro atoms. The Morgan fingerprint density at radius 1 is 1.05 bits per heavy atom. The number of para-hydroxylation sites is 1. The summed E-state index contributed by atoms with van der Waals surface area (Å²) in [5.41, 5.74) is 3.80. The van der Waals surface area contributed by atoms with Gasteiger partial charge in [0.2, 0.25) is 5.91 Å². The molecule has 15 nitrogen and oxygen atoms in total. The smallest absolute Gasteiger partial charge is 0.344 e. The number of benzene rings is 2. The van der Waals surface area contributed by atoms with Crippen LogP contribution >= 0.6 is 30.8 Å². The lowest BCUT2D eigenvalue weighted by atomic mass is 9.93. The zero-order valence-electron chi connectivity index (χ0n) is 35.9. The molecular formula is C41H59Cl2FN3O12PS. The molecule has 0 fully saturated rings. The van der Waals surface area contributed by atoms with Crippen LogP contribution in [0.15, 0.2) is 41.5 Å². The Morgan fingerprint density at radius 3 is 2.16 bits per heavy atom. The van der Waals surface area contributed by atoms with Crippen molar-refractivity contribution in [1.29, 1.82) is 0 Å². The van der Waals surface area contributed by atoms with Crippen molar-refractivity contribution in [3.8, 4) is 5.75 Å². The Morgan fingerprint density at radius 2 is 1.66 bits per heavy atom. The number of halogens is 3. The van der Waals surface area contributed by atoms with Crippen LogP contribution in [0.2, 0.25) is 5.02 Å². The summed E-state index contributed by atoms with van der Waals surface area (Å²) in [5, 5.41) is 9.91. The van der Waals surface area contributed by atoms with Gasteiger partial charge in [0.15, 0.2) is 6.61 Å². The predicted molar refractivity (Wildman–Crippen MR) is 236 cm³/mol. The van der Waals surface area contributed by atoms with Crippen molar-refractivity contribution >= 4 is 82.7 Å². The number of alkyl halides is 1. The van der Waals surface area contributed by atoms with Crippen molar-refractivity contribution in [2.75, 3.05) is 73.8 Å². The normalized spacial score (nSPS) is 14.1. The van der Waals surface area contributed by atoms with E-state index in [1.165, 1.54) is 6.07 Å². The minimum atomic E-state index is -4.35. The summed E-state index contributed by atoms with van der Waals surface area (Å²) in [6, 6.07) is 8.17. The number of nitrogens with zero attached hydrogens (tertiary/aromatic N) is 2. The number of hydrogen-bond acceptors (Lipinski definition) is 11. The number of carboxylic acid groups (broad SMARTS) is 1. The summed E-state index contributed by atoms with van der Waals surface area (Å²) in [5.74, 6) is -3.74. The molecule has 1 heterocycles. The van der Waals surface area contributed by atoms with Crippen LogP contribution in [0.4, 0.5) is 15.8 Å². The van der Waals surface area contributed by atoms with Crippen LogP contribution in [0.25, 0.3) is 0 Å². The first kappa shape index (κ1) is 55.5. The number of nitrogens with one attached hydrogen (secondary N) is 1. The highest BCUT2D eigenvalue weighted by atomic mass is 35.5. The van der Waals surface area contributed by atoms with E-state index in [0.717, 1.165) is 66.3 Å². The standard InChI is InChI=1S/C21H23ClFNO5.C14H20ClNO2.C3H8NO5P.C3H9S/c1-2-3-6-9-28-19(25)12-29-18-11-17(16(23)10-15(18)22)24-20(26)13-7-4-5-8-14(13)21(24)27;1-4-12-8-6-7-11(3)14(12)16(10-18-5-2)13(17)9-15;5-3(6)1-4-2-10(7,8)9;1-4(2)3/h10-11H,2-9,12H2,1H3;6-8H,4-5,9-10H2,1-3H3;4H,1-2H2,(H,5,6)(H2,7,8,9);1-3H3/q;;;+1/p-1. The summed E-state index contributed by atoms with van der Waals surface area (Å²) in [4.78, 5) is 79.3. The summed E-state index contributed by atoms with van der Waals surface area (Å²) in [6.07, 6.45) is 12.1. The third kappa shape index (κ3) is 20.0. The predicted octanol–water partition coefficient (Wildman–Crippen LogP) is 6.12. The zero-order chi connectivity index (χ0) is 46.3. The number of carbonyl (C=O) groups is 5. The van der Waals surface area contributed by atoms with Crippen LogP contribution in [0, 0.1) is 12.7 Å². The van der Waals surface area contributed by atoms with Gasteiger partial charge in [-0.2, -0.15) is 0 Å². The molecule has 61 heavy (non-hydrogen) atoms. The maximum Gasteiger partial charge on any atom is 0.344 e. The SMILES string of the molecule is CCCCCOC(=O)COc1cc(N2C(=O)C3=C(CCCC3)C2=O)c(F)cc1Cl.CCOCN(C(=O)CCl)c1c(C)cccc1CC.C[S+](C)C.O=C(O)CNCP(=O)([O-])O. The van der Waals surface area contributed by atoms with E-state index in [4.69, 9.17) is 47.4 Å². The molecule has 0 saturated carbocycles. The fraction of sp³-hybridized carbons (Fsp3) is 0.537. The molecule has 0 bridgehead atoms. The van der Waals surface area contributed by atoms with Crippen LogP contribution in [0.1, 0.15) is 76.8 Å². The largest absolute Gasteiger partial charge is 0.778 e. The van der Waals surface area contributed by atoms with E-state index in [1.54, 1.807) is 4.90 Å². The Kier molecular flexibility index (Phi) is 26.3. The molecule has 0 saturated heterocycles. The molecule has 4 rings (SSSR count). The average Bonchev–Trinajstić information content (AvgIpc) is 3.44. The van der Waals surface area contributed by atoms with Gasteiger partial charge >= 0.3 is 11.9 Å². The molecule has 3 amide bonds. The highest BCUT2D eigenvalue weighted by Crippen LogP contribution is 2.39. The Balaban J connectivity index is 0.000000493. The topological polar surface area (TPSA) is 212 Å². The van der Waals surface area contributed by atoms with E-state index in [9.17, 15) is 37.8 Å². The van der Waals surface area contributed by atoms with Gasteiger partial charge in [0.05, 0.1) is 54.6 Å². The van der Waals surface area contributed by atoms with Gasteiger partial charge in [-0.1, -0.05) is 56.5 Å². The van der Waals surface area contributed by atoms with E-state index in [-0.39, 0.29) is 35.0 Å². The lowest BCUT2D eigenvalue weighted by Gasteiger charge is -2.25. The molecule has 1 unspecified atom stereocenters. The second-order valence-corrected chi connectivity index (χ2v) is 18.6. The maximum absolute atomic E-state index is 14.5. The molecule has 2 aliphatic rings. The molecule has 1 atom stereocenters. The molecule has 2 aromatic carbocycles. The van der Waals surface area contributed by atoms with Crippen LogP contribution < -0.4 is 24.7 Å². The number of esters is 1. The molecule has 2 aromatic rings. The summed E-state index contributed by atoms with van der Waals surface area (Å²) < 4.78 is 40.3. The second-order valence-electron chi connectivity index (χ2n) is 13.9. The Labute approximate surface area is 370 Å². The van der Waals surface area contributed by atoms with Crippen molar-refractivity contribution in [3.63, 3.8) is 0 Å². The lowest BCUT2D eigenvalue weighted by Crippen LogP contribution is -2.35. The van der Waals surface area contributed by atoms with E-state index in [0.29, 0.717) is 48.1 Å². The fourth-order valence-electron chi connectivity index (χ4n) is 5.69. The van der Waals surface area contributed by atoms with Gasteiger partial charge in [-0.05, 0) is 80.5 Å². The number of rotatable bonds is 18. The van der Waals surface area contributed by atoms with Gasteiger partial charge in [0.1, 0.15) is 31.8 Å². The summed E-state index contributed by atoms with van der Waals surface area (Å²) in [7, 11) is -3.71. The van der Waals surface area contributed by atoms with E-state index < -0.39 is 56.6 Å². The second kappa shape index (κ2) is 28.9. The lowest BCUT2D eigenvalue weighted by molar-refractivity contribution is -0.193. The average molecular weight is 939 g/mol. The minimum absolute atomic E-state index is 0.000883. The van der Waals surface area contributed by atoms with Crippen molar-refractivity contribution < 1.29 is 62.0 Å². The highest BCUT2D eigenvalue weighted by Gasteiger charge is 2.41. The number of anilines is 2. The third-order valence-corrected chi connectivity index (χ3v) is 9.54. The number of ether oxygens (including phenoxy) is 3. The van der Waals surface area contributed by atoms with Crippen LogP contribution in [0.5, 0.6) is 5.75 Å². The molecule has 1 aliphatic heterocycles. The number of aliphatic carboxylic acids is 1. The summed E-state index contributed by atoms with van der Waals surface area (Å²) >= 11 is 11.7. The number of aryl methyl sites for hydroxylation is 2. The third-order valence-electron chi connectivity index (χ3n) is 8.39. The number of amides is 3. The van der Waals surface area contributed by atoms with Crippen LogP contribution in [0.3, 0.4) is 0 Å². The van der Waals surface area contributed by atoms with Crippen molar-refractivity contribution in [2.24, 2.45) is 0 Å². The van der Waals surface area contributed by atoms with Gasteiger partial charge in [0, 0.05) is 23.8 Å². The fourth-order valence-corrected chi connectivity index (χ4v) is 6.43. The maximum atomic E-state index is 14.5. The number of carbonyl (C=O) groups excluding carboxylic acids is 4. The molecule has 342 valence electrons. The van der Waals surface area contributed by atoms with Crippen LogP contribution in [-0.2, 0) is 55.3 Å². The first-order valence-corrected chi connectivity index (χ1v) is 24.7. The minimum Gasteiger partial charge on any atom is -0.778 e. The molecule has 0 aromatic heterocycles. The highest BCUT2D eigenvalue weighted by molar-refractivity contribution is 7.94. The first-order chi connectivity index (χ1) is 28.7. The molecular weight excluding hydrogens is 879 g/mol. The van der Waals surface area contributed by atoms with Crippen LogP contribution in [-0.4, -0.2) is 104 Å². The van der Waals surface area contributed by atoms with Gasteiger partial charge in [-0.3, -0.25) is 29.4 Å². The Hall–Kier alpha value is -3.54. The van der Waals surface area contributed by atoms with Gasteiger partial charge in [0.25, 0.3) is 11.8 Å². The van der Waals surface area contributed by atoms with Gasteiger partial charge in [-0.25, -0.2) is 14.1 Å². The van der Waals surface area contributed by atoms with Crippen molar-refractivity contribution in [2.45, 2.75) is 79.1 Å². The number of unbranched alkanes of at least 4 members (excludes halogenated alkanes) is 2. The number of hydrogen-bond donors (Lipinski definition) is 3. The quantitative estimate of drug-likeness (QED) is 0.0293. The Bertz CT molecular complexity index is 1830. The van der Waals surface area contributed by atoms with Crippen molar-refractivity contribution in [1.82, 2.24) is 5.32 Å². The number of imide groups is 1.